The second-order valence-corrected chi connectivity index (χ2v) is 6.18. The highest BCUT2D eigenvalue weighted by Gasteiger charge is 2.17. The van der Waals surface area contributed by atoms with Crippen LogP contribution in [0, 0.1) is 34.3 Å². The van der Waals surface area contributed by atoms with Crippen LogP contribution in [-0.4, -0.2) is 14.1 Å². The Labute approximate surface area is 162 Å². The fourth-order valence-electron chi connectivity index (χ4n) is 2.92. The van der Waals surface area contributed by atoms with Crippen molar-refractivity contribution in [2.75, 3.05) is 23.9 Å². The van der Waals surface area contributed by atoms with E-state index in [0.717, 1.165) is 0 Å². The zero-order valence-electron chi connectivity index (χ0n) is 15.3. The maximum atomic E-state index is 13.2. The lowest BCUT2D eigenvalue weighted by Gasteiger charge is -2.25. The molecule has 0 aliphatic rings. The molecule has 0 heterocycles. The molecule has 0 atom stereocenters. The summed E-state index contributed by atoms with van der Waals surface area (Å²) in [4.78, 5) is 3.45. The maximum Gasteiger partial charge on any atom is 0.123 e. The molecule has 28 heavy (non-hydrogen) atoms. The van der Waals surface area contributed by atoms with Crippen LogP contribution in [0.15, 0.2) is 60.7 Å². The van der Waals surface area contributed by atoms with E-state index in [-0.39, 0.29) is 11.6 Å². The molecule has 3 rings (SSSR count). The van der Waals surface area contributed by atoms with E-state index in [9.17, 15) is 19.3 Å². The summed E-state index contributed by atoms with van der Waals surface area (Å²) in [7, 11) is 3.49. The first-order chi connectivity index (χ1) is 13.4. The molecule has 0 radical (unpaired) electrons. The van der Waals surface area contributed by atoms with Crippen molar-refractivity contribution < 1.29 is 8.78 Å². The minimum atomic E-state index is -0.355. The summed E-state index contributed by atoms with van der Waals surface area (Å²) in [5.74, 6) is -0.710. The van der Waals surface area contributed by atoms with Crippen molar-refractivity contribution in [2.24, 2.45) is 0 Å². The number of hydrogen-bond donors (Lipinski definition) is 0. The number of nitriles is 2. The molecule has 0 aliphatic carbocycles. The molecule has 0 amide bonds. The first-order valence-electron chi connectivity index (χ1n) is 8.41. The molecule has 138 valence electrons. The van der Waals surface area contributed by atoms with Gasteiger partial charge in [-0.05, 0) is 60.7 Å². The van der Waals surface area contributed by atoms with Gasteiger partial charge in [-0.3, -0.25) is 0 Å². The first-order valence-corrected chi connectivity index (χ1v) is 8.41. The van der Waals surface area contributed by atoms with Crippen molar-refractivity contribution in [2.45, 2.75) is 0 Å². The summed E-state index contributed by atoms with van der Waals surface area (Å²) < 4.78 is 26.4. The van der Waals surface area contributed by atoms with Gasteiger partial charge in [-0.25, -0.2) is 8.78 Å². The Hall–Kier alpha value is -3.90. The van der Waals surface area contributed by atoms with Crippen LogP contribution in [0.25, 0.3) is 0 Å². The summed E-state index contributed by atoms with van der Waals surface area (Å²) in [6, 6.07) is 19.3. The fraction of sp³-hybridized carbons (Fsp3) is 0.0909. The van der Waals surface area contributed by atoms with E-state index in [1.807, 2.05) is 0 Å². The van der Waals surface area contributed by atoms with E-state index in [0.29, 0.717) is 33.9 Å². The summed E-state index contributed by atoms with van der Waals surface area (Å²) in [6.45, 7) is 0. The highest BCUT2D eigenvalue weighted by Crippen LogP contribution is 2.35. The molecule has 0 N–H and O–H groups in total. The summed E-state index contributed by atoms with van der Waals surface area (Å²) >= 11 is 0. The van der Waals surface area contributed by atoms with Crippen LogP contribution in [0.3, 0.4) is 0 Å². The van der Waals surface area contributed by atoms with Gasteiger partial charge in [-0.2, -0.15) is 10.5 Å². The molecule has 0 spiro atoms. The van der Waals surface area contributed by atoms with Gasteiger partial charge in [0.25, 0.3) is 0 Å². The van der Waals surface area contributed by atoms with Crippen molar-refractivity contribution >= 4 is 22.7 Å². The first kappa shape index (κ1) is 18.9. The van der Waals surface area contributed by atoms with E-state index < -0.39 is 0 Å². The van der Waals surface area contributed by atoms with Crippen LogP contribution < -0.4 is 9.80 Å². The number of anilines is 4. The second-order valence-electron chi connectivity index (χ2n) is 6.18. The molecule has 4 nitrogen and oxygen atoms in total. The molecular formula is C22H16F2N4. The second kappa shape index (κ2) is 7.77. The van der Waals surface area contributed by atoms with Crippen LogP contribution in [-0.2, 0) is 0 Å². The Morgan fingerprint density at radius 2 is 0.964 bits per heavy atom. The van der Waals surface area contributed by atoms with Gasteiger partial charge in [0.1, 0.15) is 23.8 Å². The normalized spacial score (nSPS) is 10.1. The van der Waals surface area contributed by atoms with Gasteiger partial charge in [-0.15, -0.1) is 0 Å². The predicted octanol–water partition coefficient (Wildman–Crippen LogP) is 5.24. The third-order valence-electron chi connectivity index (χ3n) is 4.51. The average Bonchev–Trinajstić information content (AvgIpc) is 2.72. The van der Waals surface area contributed by atoms with Gasteiger partial charge in [0.15, 0.2) is 0 Å². The molecule has 0 saturated carbocycles. The molecular weight excluding hydrogens is 358 g/mol. The quantitative estimate of drug-likeness (QED) is 0.626. The van der Waals surface area contributed by atoms with Crippen LogP contribution >= 0.6 is 0 Å². The molecule has 0 unspecified atom stereocenters. The highest BCUT2D eigenvalue weighted by atomic mass is 19.1. The minimum absolute atomic E-state index is 0.355. The van der Waals surface area contributed by atoms with Gasteiger partial charge in [0.2, 0.25) is 0 Å². The number of rotatable bonds is 4. The summed E-state index contributed by atoms with van der Waals surface area (Å²) in [6.07, 6.45) is 0. The topological polar surface area (TPSA) is 54.1 Å². The van der Waals surface area contributed by atoms with Gasteiger partial charge in [0.05, 0.1) is 22.5 Å². The van der Waals surface area contributed by atoms with E-state index >= 15 is 0 Å². The van der Waals surface area contributed by atoms with Crippen molar-refractivity contribution in [1.82, 2.24) is 0 Å². The van der Waals surface area contributed by atoms with E-state index in [1.54, 1.807) is 60.3 Å². The Morgan fingerprint density at radius 1 is 0.643 bits per heavy atom. The zero-order chi connectivity index (χ0) is 20.3. The highest BCUT2D eigenvalue weighted by molar-refractivity contribution is 5.78. The molecule has 3 aromatic rings. The summed E-state index contributed by atoms with van der Waals surface area (Å²) in [5, 5.41) is 19.3. The molecule has 0 fully saturated rings. The molecule has 0 bridgehead atoms. The van der Waals surface area contributed by atoms with Gasteiger partial charge in [0, 0.05) is 25.5 Å². The Kier molecular flexibility index (Phi) is 5.24. The van der Waals surface area contributed by atoms with Crippen molar-refractivity contribution in [3.63, 3.8) is 0 Å². The Bertz CT molecular complexity index is 989. The maximum absolute atomic E-state index is 13.2. The van der Waals surface area contributed by atoms with Gasteiger partial charge >= 0.3 is 0 Å². The molecule has 6 heteroatoms. The van der Waals surface area contributed by atoms with Crippen molar-refractivity contribution in [3.8, 4) is 12.1 Å². The Balaban J connectivity index is 2.08. The number of hydrogen-bond acceptors (Lipinski definition) is 4. The number of benzene rings is 3. The average molecular weight is 374 g/mol. The van der Waals surface area contributed by atoms with E-state index in [4.69, 9.17) is 0 Å². The van der Waals surface area contributed by atoms with E-state index in [2.05, 4.69) is 12.1 Å². The van der Waals surface area contributed by atoms with Crippen molar-refractivity contribution in [3.05, 3.63) is 83.4 Å². The lowest BCUT2D eigenvalue weighted by atomic mass is 10.0. The molecule has 0 aliphatic heterocycles. The third-order valence-corrected chi connectivity index (χ3v) is 4.51. The van der Waals surface area contributed by atoms with Gasteiger partial charge in [-0.1, -0.05) is 0 Å². The third kappa shape index (κ3) is 3.62. The van der Waals surface area contributed by atoms with Crippen LogP contribution in [0.2, 0.25) is 0 Å². The molecule has 0 saturated heterocycles. The van der Waals surface area contributed by atoms with E-state index in [1.165, 1.54) is 24.3 Å². The fourth-order valence-corrected chi connectivity index (χ4v) is 2.92. The SMILES string of the molecule is CN(c1ccc(F)cc1)c1cc(C#N)c(N(C)c2ccc(F)cc2)cc1C#N. The Morgan fingerprint density at radius 3 is 1.25 bits per heavy atom. The number of halogens is 2. The lowest BCUT2D eigenvalue weighted by molar-refractivity contribution is 0.627. The predicted molar refractivity (Wildman–Crippen MR) is 105 cm³/mol. The van der Waals surface area contributed by atoms with Crippen molar-refractivity contribution in [1.29, 1.82) is 10.5 Å². The number of nitrogens with zero attached hydrogens (tertiary/aromatic N) is 4. The molecule has 0 aromatic heterocycles. The summed E-state index contributed by atoms with van der Waals surface area (Å²) in [5.41, 5.74) is 3.14. The van der Waals surface area contributed by atoms with Gasteiger partial charge < -0.3 is 9.80 Å². The largest absolute Gasteiger partial charge is 0.344 e. The monoisotopic (exact) mass is 374 g/mol. The van der Waals surface area contributed by atoms with Crippen LogP contribution in [0.5, 0.6) is 0 Å². The standard InChI is InChI=1S/C22H16F2N4/c1-27(19-7-3-17(23)4-8-19)21-11-16(14-26)22(12-15(21)13-25)28(2)20-9-5-18(24)6-10-20/h3-12H,1-2H3. The lowest BCUT2D eigenvalue weighted by Crippen LogP contribution is -2.15. The smallest absolute Gasteiger partial charge is 0.123 e. The minimum Gasteiger partial charge on any atom is -0.344 e. The molecule has 3 aromatic carbocycles. The zero-order valence-corrected chi connectivity index (χ0v) is 15.3. The van der Waals surface area contributed by atoms with Crippen LogP contribution in [0.1, 0.15) is 11.1 Å². The van der Waals surface area contributed by atoms with Crippen LogP contribution in [0.4, 0.5) is 31.5 Å².